The highest BCUT2D eigenvalue weighted by molar-refractivity contribution is 6.00. The van der Waals surface area contributed by atoms with Crippen molar-refractivity contribution in [1.82, 2.24) is 19.4 Å². The molecule has 1 aliphatic heterocycles. The Morgan fingerprint density at radius 3 is 2.39 bits per heavy atom. The Kier molecular flexibility index (Phi) is 7.09. The van der Waals surface area contributed by atoms with Crippen LogP contribution in [-0.2, 0) is 17.8 Å². The van der Waals surface area contributed by atoms with Gasteiger partial charge in [0.25, 0.3) is 0 Å². The molecule has 174 valence electrons. The number of para-hydroxylation sites is 1. The van der Waals surface area contributed by atoms with Crippen molar-refractivity contribution >= 4 is 34.5 Å². The number of ether oxygens (including phenoxy) is 1. The van der Waals surface area contributed by atoms with Gasteiger partial charge in [-0.2, -0.15) is 0 Å². The first kappa shape index (κ1) is 22.6. The number of benzene rings is 2. The molecule has 0 radical (unpaired) electrons. The van der Waals surface area contributed by atoms with Crippen molar-refractivity contribution < 1.29 is 14.3 Å². The molecule has 3 amide bonds. The van der Waals surface area contributed by atoms with Crippen molar-refractivity contribution in [3.8, 4) is 0 Å². The molecule has 0 bridgehead atoms. The maximum Gasteiger partial charge on any atom is 0.409 e. The van der Waals surface area contributed by atoms with E-state index in [0.717, 1.165) is 42.2 Å². The predicted octanol–water partition coefficient (Wildman–Crippen LogP) is 3.97. The van der Waals surface area contributed by atoms with E-state index in [1.165, 1.54) is 0 Å². The van der Waals surface area contributed by atoms with Gasteiger partial charge in [0.1, 0.15) is 5.82 Å². The lowest BCUT2D eigenvalue weighted by Gasteiger charge is -2.33. The number of aryl methyl sites for hydroxylation is 1. The number of piperazine rings is 1. The van der Waals surface area contributed by atoms with E-state index in [1.54, 1.807) is 4.90 Å². The van der Waals surface area contributed by atoms with E-state index < -0.39 is 0 Å². The first-order chi connectivity index (χ1) is 16.1. The summed E-state index contributed by atoms with van der Waals surface area (Å²) in [6.45, 7) is 8.67. The summed E-state index contributed by atoms with van der Waals surface area (Å²) < 4.78 is 7.30. The molecule has 4 rings (SSSR count). The molecule has 9 nitrogen and oxygen atoms in total. The number of nitrogens with zero attached hydrogens (tertiary/aromatic N) is 4. The molecule has 2 N–H and O–H groups in total. The fourth-order valence-corrected chi connectivity index (χ4v) is 4.05. The van der Waals surface area contributed by atoms with E-state index in [9.17, 15) is 9.59 Å². The number of aromatic nitrogens is 2. The largest absolute Gasteiger partial charge is 0.450 e. The quantitative estimate of drug-likeness (QED) is 0.593. The molecule has 0 spiro atoms. The number of rotatable bonds is 6. The van der Waals surface area contributed by atoms with Crippen LogP contribution in [0.1, 0.15) is 19.7 Å². The lowest BCUT2D eigenvalue weighted by atomic mass is 10.2. The fraction of sp³-hybridized carbons (Fsp3) is 0.375. The number of carbonyl (C=O) groups excluding carboxylic acids is 2. The number of amides is 3. The molecule has 0 saturated carbocycles. The number of fused-ring (bicyclic) bond motifs is 1. The second-order valence-corrected chi connectivity index (χ2v) is 7.88. The summed E-state index contributed by atoms with van der Waals surface area (Å²) >= 11 is 0. The highest BCUT2D eigenvalue weighted by Crippen LogP contribution is 2.22. The number of urea groups is 1. The minimum absolute atomic E-state index is 0.241. The number of imidazole rings is 1. The van der Waals surface area contributed by atoms with Crippen molar-refractivity contribution in [2.75, 3.05) is 43.4 Å². The van der Waals surface area contributed by atoms with Gasteiger partial charge in [-0.3, -0.25) is 4.90 Å². The number of hydrogen-bond donors (Lipinski definition) is 2. The zero-order valence-electron chi connectivity index (χ0n) is 19.1. The van der Waals surface area contributed by atoms with E-state index in [1.807, 2.05) is 55.5 Å². The third kappa shape index (κ3) is 5.43. The maximum absolute atomic E-state index is 12.3. The Morgan fingerprint density at radius 1 is 0.970 bits per heavy atom. The molecule has 0 atom stereocenters. The van der Waals surface area contributed by atoms with Gasteiger partial charge in [-0.1, -0.05) is 18.2 Å². The van der Waals surface area contributed by atoms with E-state index in [-0.39, 0.29) is 12.1 Å². The maximum atomic E-state index is 12.3. The summed E-state index contributed by atoms with van der Waals surface area (Å²) in [5, 5.41) is 5.70. The van der Waals surface area contributed by atoms with Crippen molar-refractivity contribution in [2.45, 2.75) is 26.9 Å². The van der Waals surface area contributed by atoms with Gasteiger partial charge in [-0.25, -0.2) is 14.6 Å². The zero-order valence-corrected chi connectivity index (χ0v) is 19.1. The summed E-state index contributed by atoms with van der Waals surface area (Å²) in [6.07, 6.45) is -0.241. The van der Waals surface area contributed by atoms with Crippen LogP contribution in [0, 0.1) is 0 Å². The average molecular weight is 451 g/mol. The van der Waals surface area contributed by atoms with Crippen LogP contribution in [0.2, 0.25) is 0 Å². The Labute approximate surface area is 193 Å². The van der Waals surface area contributed by atoms with Gasteiger partial charge in [-0.05, 0) is 44.2 Å². The third-order valence-electron chi connectivity index (χ3n) is 5.70. The molecule has 3 aromatic rings. The fourth-order valence-electron chi connectivity index (χ4n) is 4.05. The van der Waals surface area contributed by atoms with Crippen molar-refractivity contribution in [3.63, 3.8) is 0 Å². The molecule has 0 unspecified atom stereocenters. The van der Waals surface area contributed by atoms with Crippen LogP contribution >= 0.6 is 0 Å². The van der Waals surface area contributed by atoms with Gasteiger partial charge < -0.3 is 24.8 Å². The molecule has 2 heterocycles. The zero-order chi connectivity index (χ0) is 23.2. The second-order valence-electron chi connectivity index (χ2n) is 7.88. The van der Waals surface area contributed by atoms with Crippen molar-refractivity contribution in [2.24, 2.45) is 0 Å². The summed E-state index contributed by atoms with van der Waals surface area (Å²) in [5.41, 5.74) is 3.30. The van der Waals surface area contributed by atoms with Crippen LogP contribution in [0.25, 0.3) is 11.0 Å². The lowest BCUT2D eigenvalue weighted by molar-refractivity contribution is 0.0769. The molecule has 33 heavy (non-hydrogen) atoms. The minimum atomic E-state index is -0.296. The summed E-state index contributed by atoms with van der Waals surface area (Å²) in [4.78, 5) is 33.2. The van der Waals surface area contributed by atoms with Crippen LogP contribution in [0.3, 0.4) is 0 Å². The van der Waals surface area contributed by atoms with Crippen molar-refractivity contribution in [3.05, 3.63) is 54.4 Å². The van der Waals surface area contributed by atoms with Crippen LogP contribution in [-0.4, -0.2) is 64.3 Å². The minimum Gasteiger partial charge on any atom is -0.450 e. The van der Waals surface area contributed by atoms with Gasteiger partial charge in [0, 0.05) is 44.1 Å². The molecule has 1 aromatic heterocycles. The number of carbonyl (C=O) groups is 2. The summed E-state index contributed by atoms with van der Waals surface area (Å²) in [7, 11) is 0. The van der Waals surface area contributed by atoms with E-state index in [0.29, 0.717) is 31.9 Å². The summed E-state index contributed by atoms with van der Waals surface area (Å²) in [6, 6.07) is 14.8. The first-order valence-corrected chi connectivity index (χ1v) is 11.3. The molecule has 1 saturated heterocycles. The van der Waals surface area contributed by atoms with Gasteiger partial charge >= 0.3 is 12.1 Å². The molecule has 9 heteroatoms. The number of anilines is 2. The van der Waals surface area contributed by atoms with E-state index in [4.69, 9.17) is 9.72 Å². The molecule has 1 aliphatic rings. The van der Waals surface area contributed by atoms with Crippen LogP contribution < -0.4 is 10.6 Å². The van der Waals surface area contributed by atoms with Gasteiger partial charge in [-0.15, -0.1) is 0 Å². The Bertz CT molecular complexity index is 1110. The number of nitrogens with one attached hydrogen (secondary N) is 2. The second kappa shape index (κ2) is 10.4. The van der Waals surface area contributed by atoms with Gasteiger partial charge in [0.2, 0.25) is 0 Å². The molecule has 2 aromatic carbocycles. The Morgan fingerprint density at radius 2 is 1.70 bits per heavy atom. The van der Waals surface area contributed by atoms with Crippen LogP contribution in [0.4, 0.5) is 21.0 Å². The Hall–Kier alpha value is -3.59. The molecular formula is C24H30N6O3. The van der Waals surface area contributed by atoms with E-state index >= 15 is 0 Å². The smallest absolute Gasteiger partial charge is 0.409 e. The number of hydrogen-bond acceptors (Lipinski definition) is 5. The highest BCUT2D eigenvalue weighted by Gasteiger charge is 2.23. The SMILES string of the molecule is CCOC(=O)N1CCN(Cc2nc3cc(NC(=O)Nc4ccccc4)ccc3n2CC)CC1. The van der Waals surface area contributed by atoms with E-state index in [2.05, 4.69) is 27.0 Å². The molecule has 1 fully saturated rings. The highest BCUT2D eigenvalue weighted by atomic mass is 16.6. The average Bonchev–Trinajstić information content (AvgIpc) is 3.16. The normalized spacial score (nSPS) is 14.3. The molecular weight excluding hydrogens is 420 g/mol. The third-order valence-corrected chi connectivity index (χ3v) is 5.70. The van der Waals surface area contributed by atoms with Crippen LogP contribution in [0.15, 0.2) is 48.5 Å². The first-order valence-electron chi connectivity index (χ1n) is 11.3. The topological polar surface area (TPSA) is 91.7 Å². The standard InChI is InChI=1S/C24H30N6O3/c1-3-30-21-11-10-19(26-23(31)25-18-8-6-5-7-9-18)16-20(21)27-22(30)17-28-12-14-29(15-13-28)24(32)33-4-2/h5-11,16H,3-4,12-15,17H2,1-2H3,(H2,25,26,31). The molecule has 0 aliphatic carbocycles. The lowest BCUT2D eigenvalue weighted by Crippen LogP contribution is -2.48. The van der Waals surface area contributed by atoms with Gasteiger partial charge in [0.05, 0.1) is 24.2 Å². The van der Waals surface area contributed by atoms with Gasteiger partial charge in [0.15, 0.2) is 0 Å². The Balaban J connectivity index is 1.42. The van der Waals surface area contributed by atoms with Crippen molar-refractivity contribution in [1.29, 1.82) is 0 Å². The predicted molar refractivity (Wildman–Crippen MR) is 128 cm³/mol. The monoisotopic (exact) mass is 450 g/mol. The van der Waals surface area contributed by atoms with Crippen LogP contribution in [0.5, 0.6) is 0 Å². The summed E-state index contributed by atoms with van der Waals surface area (Å²) in [5.74, 6) is 0.975.